The van der Waals surface area contributed by atoms with E-state index in [9.17, 15) is 4.79 Å². The first-order valence-electron chi connectivity index (χ1n) is 5.25. The van der Waals surface area contributed by atoms with Crippen LogP contribution in [0.3, 0.4) is 0 Å². The maximum atomic E-state index is 11.6. The molecule has 6 nitrogen and oxygen atoms in total. The third-order valence-electron chi connectivity index (χ3n) is 2.29. The van der Waals surface area contributed by atoms with Gasteiger partial charge in [0.2, 0.25) is 5.16 Å². The fourth-order valence-corrected chi connectivity index (χ4v) is 2.81. The van der Waals surface area contributed by atoms with Crippen molar-refractivity contribution in [3.63, 3.8) is 0 Å². The van der Waals surface area contributed by atoms with Gasteiger partial charge in [-0.2, -0.15) is 0 Å². The third kappa shape index (κ3) is 3.07. The summed E-state index contributed by atoms with van der Waals surface area (Å²) in [6.07, 6.45) is 0. The van der Waals surface area contributed by atoms with Crippen LogP contribution in [-0.2, 0) is 4.74 Å². The number of hydrogen-bond acceptors (Lipinski definition) is 6. The van der Waals surface area contributed by atoms with Crippen LogP contribution in [0.5, 0.6) is 0 Å². The number of anilines is 1. The molecule has 2 rings (SSSR count). The second-order valence-electron chi connectivity index (χ2n) is 3.67. The summed E-state index contributed by atoms with van der Waals surface area (Å²) in [5.74, 6) is 0.250. The SMILES string of the molecule is COC(=O)c1cc(Sc2n[nH]c(C)n2)c(Br)cc1N. The van der Waals surface area contributed by atoms with Crippen molar-refractivity contribution in [1.29, 1.82) is 0 Å². The van der Waals surface area contributed by atoms with Crippen LogP contribution in [0.1, 0.15) is 16.2 Å². The van der Waals surface area contributed by atoms with Crippen molar-refractivity contribution in [3.05, 3.63) is 28.0 Å². The van der Waals surface area contributed by atoms with Crippen molar-refractivity contribution in [2.24, 2.45) is 0 Å². The Kier molecular flexibility index (Phi) is 4.11. The number of rotatable bonds is 3. The summed E-state index contributed by atoms with van der Waals surface area (Å²) in [6, 6.07) is 3.32. The second-order valence-corrected chi connectivity index (χ2v) is 5.53. The molecule has 0 unspecified atom stereocenters. The highest BCUT2D eigenvalue weighted by atomic mass is 79.9. The summed E-state index contributed by atoms with van der Waals surface area (Å²) in [5.41, 5.74) is 6.46. The summed E-state index contributed by atoms with van der Waals surface area (Å²) in [5, 5.41) is 7.35. The average molecular weight is 343 g/mol. The van der Waals surface area contributed by atoms with Crippen LogP contribution in [-0.4, -0.2) is 28.3 Å². The molecular formula is C11H11BrN4O2S. The Labute approximate surface area is 122 Å². The highest BCUT2D eigenvalue weighted by Gasteiger charge is 2.15. The summed E-state index contributed by atoms with van der Waals surface area (Å²) >= 11 is 4.72. The fourth-order valence-electron chi connectivity index (χ4n) is 1.40. The number of halogens is 1. The number of aromatic nitrogens is 3. The molecule has 1 heterocycles. The molecule has 0 aliphatic carbocycles. The van der Waals surface area contributed by atoms with Gasteiger partial charge in [-0.15, -0.1) is 5.10 Å². The van der Waals surface area contributed by atoms with Crippen LogP contribution >= 0.6 is 27.7 Å². The quantitative estimate of drug-likeness (QED) is 0.657. The number of aryl methyl sites for hydroxylation is 1. The molecule has 0 radical (unpaired) electrons. The first-order valence-corrected chi connectivity index (χ1v) is 6.86. The number of hydrogen-bond donors (Lipinski definition) is 2. The molecule has 0 atom stereocenters. The zero-order chi connectivity index (χ0) is 14.0. The van der Waals surface area contributed by atoms with Crippen molar-refractivity contribution in [1.82, 2.24) is 15.2 Å². The lowest BCUT2D eigenvalue weighted by atomic mass is 10.2. The lowest BCUT2D eigenvalue weighted by Crippen LogP contribution is -2.06. The Bertz CT molecular complexity index is 629. The fraction of sp³-hybridized carbons (Fsp3) is 0.182. The number of benzene rings is 1. The third-order valence-corrected chi connectivity index (χ3v) is 4.13. The molecule has 0 saturated carbocycles. The van der Waals surface area contributed by atoms with Crippen molar-refractivity contribution in [2.75, 3.05) is 12.8 Å². The van der Waals surface area contributed by atoms with Crippen LogP contribution in [0.4, 0.5) is 5.69 Å². The van der Waals surface area contributed by atoms with Crippen LogP contribution in [0, 0.1) is 6.92 Å². The van der Waals surface area contributed by atoms with Crippen molar-refractivity contribution >= 4 is 39.3 Å². The molecule has 1 aromatic heterocycles. The smallest absolute Gasteiger partial charge is 0.339 e. The van der Waals surface area contributed by atoms with Crippen molar-refractivity contribution in [3.8, 4) is 0 Å². The van der Waals surface area contributed by atoms with Gasteiger partial charge in [0, 0.05) is 15.1 Å². The lowest BCUT2D eigenvalue weighted by molar-refractivity contribution is 0.0601. The molecule has 0 spiro atoms. The van der Waals surface area contributed by atoms with Gasteiger partial charge in [-0.05, 0) is 46.7 Å². The Morgan fingerprint density at radius 3 is 2.84 bits per heavy atom. The van der Waals surface area contributed by atoms with Gasteiger partial charge in [0.25, 0.3) is 0 Å². The van der Waals surface area contributed by atoms with E-state index < -0.39 is 5.97 Å². The minimum absolute atomic E-state index is 0.320. The Hall–Kier alpha value is -1.54. The first kappa shape index (κ1) is 13.9. The molecule has 0 saturated heterocycles. The zero-order valence-corrected chi connectivity index (χ0v) is 12.6. The van der Waals surface area contributed by atoms with E-state index in [0.717, 1.165) is 15.2 Å². The molecule has 2 aromatic rings. The van der Waals surface area contributed by atoms with Gasteiger partial charge >= 0.3 is 5.97 Å². The highest BCUT2D eigenvalue weighted by Crippen LogP contribution is 2.34. The average Bonchev–Trinajstić information content (AvgIpc) is 2.77. The predicted octanol–water partition coefficient (Wildman–Crippen LogP) is 2.40. The second kappa shape index (κ2) is 5.62. The molecule has 0 aliphatic rings. The molecule has 3 N–H and O–H groups in total. The topological polar surface area (TPSA) is 93.9 Å². The molecule has 0 amide bonds. The van der Waals surface area contributed by atoms with E-state index in [0.29, 0.717) is 16.4 Å². The first-order chi connectivity index (χ1) is 9.01. The van der Waals surface area contributed by atoms with Crippen LogP contribution in [0.25, 0.3) is 0 Å². The molecule has 8 heteroatoms. The van der Waals surface area contributed by atoms with Crippen LogP contribution in [0.2, 0.25) is 0 Å². The van der Waals surface area contributed by atoms with E-state index in [4.69, 9.17) is 5.73 Å². The molecule has 19 heavy (non-hydrogen) atoms. The number of methoxy groups -OCH3 is 1. The molecule has 0 fully saturated rings. The van der Waals surface area contributed by atoms with Gasteiger partial charge in [-0.25, -0.2) is 9.78 Å². The van der Waals surface area contributed by atoms with E-state index in [1.807, 2.05) is 6.92 Å². The zero-order valence-electron chi connectivity index (χ0n) is 10.2. The highest BCUT2D eigenvalue weighted by molar-refractivity contribution is 9.10. The molecular weight excluding hydrogens is 332 g/mol. The van der Waals surface area contributed by atoms with E-state index in [1.54, 1.807) is 12.1 Å². The number of nitrogen functional groups attached to an aromatic ring is 1. The van der Waals surface area contributed by atoms with Gasteiger partial charge in [0.1, 0.15) is 5.82 Å². The lowest BCUT2D eigenvalue weighted by Gasteiger charge is -2.08. The largest absolute Gasteiger partial charge is 0.465 e. The molecule has 1 aromatic carbocycles. The minimum Gasteiger partial charge on any atom is -0.465 e. The van der Waals surface area contributed by atoms with Crippen molar-refractivity contribution < 1.29 is 9.53 Å². The van der Waals surface area contributed by atoms with Gasteiger partial charge in [0.15, 0.2) is 0 Å². The van der Waals surface area contributed by atoms with Crippen molar-refractivity contribution in [2.45, 2.75) is 17.0 Å². The number of nitrogens with one attached hydrogen (secondary N) is 1. The monoisotopic (exact) mass is 342 g/mol. The number of carbonyl (C=O) groups excluding carboxylic acids is 1. The number of carbonyl (C=O) groups is 1. The summed E-state index contributed by atoms with van der Waals surface area (Å²) < 4.78 is 5.45. The molecule has 0 aliphatic heterocycles. The Balaban J connectivity index is 2.37. The van der Waals surface area contributed by atoms with Gasteiger partial charge in [-0.3, -0.25) is 5.10 Å². The number of H-pyrrole nitrogens is 1. The van der Waals surface area contributed by atoms with Crippen LogP contribution < -0.4 is 5.73 Å². The number of aromatic amines is 1. The Morgan fingerprint density at radius 1 is 1.53 bits per heavy atom. The van der Waals surface area contributed by atoms with Gasteiger partial charge < -0.3 is 10.5 Å². The molecule has 100 valence electrons. The summed E-state index contributed by atoms with van der Waals surface area (Å²) in [6.45, 7) is 1.81. The summed E-state index contributed by atoms with van der Waals surface area (Å²) in [7, 11) is 1.31. The van der Waals surface area contributed by atoms with Crippen LogP contribution in [0.15, 0.2) is 26.7 Å². The molecule has 0 bridgehead atoms. The van der Waals surface area contributed by atoms with E-state index in [1.165, 1.54) is 18.9 Å². The number of nitrogens with two attached hydrogens (primary N) is 1. The minimum atomic E-state index is -0.474. The standard InChI is InChI=1S/C11H11BrN4O2S/c1-5-14-11(16-15-5)19-9-3-6(10(17)18-2)8(13)4-7(9)12/h3-4H,13H2,1-2H3,(H,14,15,16). The maximum Gasteiger partial charge on any atom is 0.339 e. The van der Waals surface area contributed by atoms with E-state index in [-0.39, 0.29) is 0 Å². The summed E-state index contributed by atoms with van der Waals surface area (Å²) in [4.78, 5) is 16.6. The van der Waals surface area contributed by atoms with Gasteiger partial charge in [0.05, 0.1) is 12.7 Å². The van der Waals surface area contributed by atoms with E-state index >= 15 is 0 Å². The number of esters is 1. The van der Waals surface area contributed by atoms with Gasteiger partial charge in [-0.1, -0.05) is 0 Å². The Morgan fingerprint density at radius 2 is 2.26 bits per heavy atom. The maximum absolute atomic E-state index is 11.6. The van der Waals surface area contributed by atoms with E-state index in [2.05, 4.69) is 35.8 Å². The number of ether oxygens (including phenoxy) is 1. The predicted molar refractivity (Wildman–Crippen MR) is 75.1 cm³/mol. The number of nitrogens with zero attached hydrogens (tertiary/aromatic N) is 2. The normalized spacial score (nSPS) is 10.5.